The topological polar surface area (TPSA) is 35.2 Å². The van der Waals surface area contributed by atoms with Crippen LogP contribution in [-0.4, -0.2) is 6.04 Å². The molecule has 0 spiro atoms. The summed E-state index contributed by atoms with van der Waals surface area (Å²) < 4.78 is 19.7. The van der Waals surface area contributed by atoms with E-state index in [2.05, 4.69) is 0 Å². The maximum Gasteiger partial charge on any atom is 0.166 e. The third-order valence-corrected chi connectivity index (χ3v) is 3.42. The first-order valence-electron chi connectivity index (χ1n) is 6.57. The van der Waals surface area contributed by atoms with Crippen molar-refractivity contribution in [2.75, 3.05) is 0 Å². The Labute approximate surface area is 123 Å². The van der Waals surface area contributed by atoms with Gasteiger partial charge in [0.15, 0.2) is 11.6 Å². The second-order valence-corrected chi connectivity index (χ2v) is 5.04. The summed E-state index contributed by atoms with van der Waals surface area (Å²) in [6, 6.07) is 11.8. The number of hydrogen-bond acceptors (Lipinski definition) is 2. The lowest BCUT2D eigenvalue weighted by Gasteiger charge is -2.15. The summed E-state index contributed by atoms with van der Waals surface area (Å²) in [5.74, 6) is 0.223. The van der Waals surface area contributed by atoms with Crippen LogP contribution >= 0.6 is 11.6 Å². The van der Waals surface area contributed by atoms with Crippen LogP contribution in [0.5, 0.6) is 11.5 Å². The highest BCUT2D eigenvalue weighted by molar-refractivity contribution is 6.32. The fourth-order valence-electron chi connectivity index (χ4n) is 1.89. The third kappa shape index (κ3) is 3.50. The van der Waals surface area contributed by atoms with E-state index in [9.17, 15) is 4.39 Å². The highest BCUT2D eigenvalue weighted by atomic mass is 35.5. The Hall–Kier alpha value is -1.58. The number of nitrogens with two attached hydrogens (primary N) is 1. The van der Waals surface area contributed by atoms with Gasteiger partial charge in [-0.1, -0.05) is 42.8 Å². The molecule has 106 valence electrons. The van der Waals surface area contributed by atoms with E-state index in [1.807, 2.05) is 13.0 Å². The molecule has 0 aromatic heterocycles. The summed E-state index contributed by atoms with van der Waals surface area (Å²) in [4.78, 5) is 0. The van der Waals surface area contributed by atoms with E-state index in [4.69, 9.17) is 22.1 Å². The van der Waals surface area contributed by atoms with Gasteiger partial charge in [-0.15, -0.1) is 0 Å². The van der Waals surface area contributed by atoms with Gasteiger partial charge in [0.1, 0.15) is 5.75 Å². The lowest BCUT2D eigenvalue weighted by atomic mass is 10.0. The van der Waals surface area contributed by atoms with E-state index < -0.39 is 5.82 Å². The third-order valence-electron chi connectivity index (χ3n) is 3.10. The Morgan fingerprint density at radius 3 is 2.65 bits per heavy atom. The Bertz CT molecular complexity index is 588. The number of ether oxygens (including phenoxy) is 1. The zero-order chi connectivity index (χ0) is 14.5. The summed E-state index contributed by atoms with van der Waals surface area (Å²) in [6.45, 7) is 2.00. The highest BCUT2D eigenvalue weighted by Crippen LogP contribution is 2.33. The van der Waals surface area contributed by atoms with Crippen molar-refractivity contribution in [1.82, 2.24) is 0 Å². The Morgan fingerprint density at radius 2 is 1.95 bits per heavy atom. The number of rotatable bonds is 5. The van der Waals surface area contributed by atoms with Crippen molar-refractivity contribution >= 4 is 11.6 Å². The quantitative estimate of drug-likeness (QED) is 0.877. The van der Waals surface area contributed by atoms with Gasteiger partial charge in [0, 0.05) is 6.04 Å². The van der Waals surface area contributed by atoms with E-state index >= 15 is 0 Å². The van der Waals surface area contributed by atoms with E-state index in [0.717, 1.165) is 12.0 Å². The van der Waals surface area contributed by atoms with Gasteiger partial charge in [0.25, 0.3) is 0 Å². The van der Waals surface area contributed by atoms with Crippen LogP contribution in [0, 0.1) is 5.82 Å². The van der Waals surface area contributed by atoms with Crippen molar-refractivity contribution in [3.05, 3.63) is 58.9 Å². The average Bonchev–Trinajstić information content (AvgIpc) is 2.44. The number of para-hydroxylation sites is 2. The monoisotopic (exact) mass is 293 g/mol. The molecule has 0 fully saturated rings. The average molecular weight is 294 g/mol. The smallest absolute Gasteiger partial charge is 0.166 e. The standard InChI is InChI=1S/C16H17ClFNO/c1-2-12(19)10-11-6-5-8-14(18)16(11)20-15-9-4-3-7-13(15)17/h3-9,12H,2,10,19H2,1H3. The fourth-order valence-corrected chi connectivity index (χ4v) is 2.07. The first kappa shape index (κ1) is 14.8. The van der Waals surface area contributed by atoms with E-state index in [1.165, 1.54) is 6.07 Å². The molecule has 0 saturated carbocycles. The lowest BCUT2D eigenvalue weighted by molar-refractivity contribution is 0.433. The molecule has 4 heteroatoms. The number of hydrogen-bond donors (Lipinski definition) is 1. The molecule has 0 radical (unpaired) electrons. The van der Waals surface area contributed by atoms with E-state index in [0.29, 0.717) is 17.2 Å². The van der Waals surface area contributed by atoms with Crippen LogP contribution in [0.3, 0.4) is 0 Å². The molecule has 2 aromatic rings. The summed E-state index contributed by atoms with van der Waals surface area (Å²) in [7, 11) is 0. The second-order valence-electron chi connectivity index (χ2n) is 4.63. The van der Waals surface area contributed by atoms with Gasteiger partial charge >= 0.3 is 0 Å². The minimum atomic E-state index is -0.411. The fraction of sp³-hybridized carbons (Fsp3) is 0.250. The van der Waals surface area contributed by atoms with Gasteiger partial charge in [0.05, 0.1) is 5.02 Å². The van der Waals surface area contributed by atoms with Gasteiger partial charge in [0.2, 0.25) is 0 Å². The molecule has 0 aliphatic rings. The molecule has 0 aliphatic heterocycles. The molecular formula is C16H17ClFNO. The molecule has 2 aromatic carbocycles. The molecule has 1 unspecified atom stereocenters. The van der Waals surface area contributed by atoms with Crippen LogP contribution in [0.25, 0.3) is 0 Å². The van der Waals surface area contributed by atoms with Gasteiger partial charge in [-0.25, -0.2) is 4.39 Å². The lowest BCUT2D eigenvalue weighted by Crippen LogP contribution is -2.21. The first-order chi connectivity index (χ1) is 9.61. The normalized spacial score (nSPS) is 12.2. The minimum absolute atomic E-state index is 0.0228. The molecule has 1 atom stereocenters. The predicted molar refractivity (Wildman–Crippen MR) is 79.9 cm³/mol. The molecule has 0 saturated heterocycles. The SMILES string of the molecule is CCC(N)Cc1cccc(F)c1Oc1ccccc1Cl. The van der Waals surface area contributed by atoms with Crippen LogP contribution in [-0.2, 0) is 6.42 Å². The molecule has 20 heavy (non-hydrogen) atoms. The largest absolute Gasteiger partial charge is 0.452 e. The van der Waals surface area contributed by atoms with Gasteiger partial charge in [-0.05, 0) is 36.6 Å². The van der Waals surface area contributed by atoms with Gasteiger partial charge in [-0.2, -0.15) is 0 Å². The highest BCUT2D eigenvalue weighted by Gasteiger charge is 2.14. The summed E-state index contributed by atoms with van der Waals surface area (Å²) in [6.07, 6.45) is 1.39. The van der Waals surface area contributed by atoms with Gasteiger partial charge in [-0.3, -0.25) is 0 Å². The summed E-state index contributed by atoms with van der Waals surface area (Å²) >= 11 is 6.04. The maximum absolute atomic E-state index is 14.0. The molecular weight excluding hydrogens is 277 g/mol. The second kappa shape index (κ2) is 6.73. The first-order valence-corrected chi connectivity index (χ1v) is 6.95. The van der Waals surface area contributed by atoms with Gasteiger partial charge < -0.3 is 10.5 Å². The zero-order valence-electron chi connectivity index (χ0n) is 11.3. The van der Waals surface area contributed by atoms with Crippen LogP contribution in [0.1, 0.15) is 18.9 Å². The van der Waals surface area contributed by atoms with E-state index in [-0.39, 0.29) is 11.8 Å². The van der Waals surface area contributed by atoms with Crippen LogP contribution < -0.4 is 10.5 Å². The molecule has 0 aliphatic carbocycles. The number of halogens is 2. The molecule has 0 heterocycles. The molecule has 0 bridgehead atoms. The van der Waals surface area contributed by atoms with Crippen molar-refractivity contribution in [1.29, 1.82) is 0 Å². The summed E-state index contributed by atoms with van der Waals surface area (Å²) in [5, 5.41) is 0.446. The van der Waals surface area contributed by atoms with Crippen molar-refractivity contribution in [2.45, 2.75) is 25.8 Å². The molecule has 0 amide bonds. The predicted octanol–water partition coefficient (Wildman–Crippen LogP) is 4.55. The van der Waals surface area contributed by atoms with Crippen molar-refractivity contribution in [2.24, 2.45) is 5.73 Å². The van der Waals surface area contributed by atoms with Crippen LogP contribution in [0.2, 0.25) is 5.02 Å². The van der Waals surface area contributed by atoms with Crippen molar-refractivity contribution < 1.29 is 9.13 Å². The van der Waals surface area contributed by atoms with Crippen LogP contribution in [0.4, 0.5) is 4.39 Å². The van der Waals surface area contributed by atoms with Crippen molar-refractivity contribution in [3.8, 4) is 11.5 Å². The molecule has 2 N–H and O–H groups in total. The Morgan fingerprint density at radius 1 is 1.20 bits per heavy atom. The Balaban J connectivity index is 2.33. The minimum Gasteiger partial charge on any atom is -0.452 e. The zero-order valence-corrected chi connectivity index (χ0v) is 12.0. The molecule has 2 nitrogen and oxygen atoms in total. The van der Waals surface area contributed by atoms with Crippen LogP contribution in [0.15, 0.2) is 42.5 Å². The maximum atomic E-state index is 14.0. The molecule has 2 rings (SSSR count). The summed E-state index contributed by atoms with van der Waals surface area (Å²) in [5.41, 5.74) is 6.69. The number of benzene rings is 2. The van der Waals surface area contributed by atoms with Crippen molar-refractivity contribution in [3.63, 3.8) is 0 Å². The van der Waals surface area contributed by atoms with E-state index in [1.54, 1.807) is 30.3 Å². The Kier molecular flexibility index (Phi) is 4.99.